The van der Waals surface area contributed by atoms with E-state index in [4.69, 9.17) is 47.4 Å². The van der Waals surface area contributed by atoms with E-state index in [-0.39, 0.29) is 36.9 Å². The number of carbonyl (C=O) groups is 2. The number of aliphatic hydroxyl groups is 3. The van der Waals surface area contributed by atoms with Crippen LogP contribution in [0, 0.1) is 22.7 Å². The van der Waals surface area contributed by atoms with E-state index in [1.165, 1.54) is 13.0 Å². The Bertz CT molecular complexity index is 1930. The lowest BCUT2D eigenvalue weighted by Gasteiger charge is -2.66. The van der Waals surface area contributed by atoms with Gasteiger partial charge in [-0.25, -0.2) is 4.79 Å². The van der Waals surface area contributed by atoms with Crippen LogP contribution < -0.4 is 0 Å². The third-order valence-corrected chi connectivity index (χ3v) is 17.1. The van der Waals surface area contributed by atoms with Gasteiger partial charge in [0.1, 0.15) is 41.4 Å². The van der Waals surface area contributed by atoms with E-state index in [9.17, 15) is 24.9 Å². The predicted octanol–water partition coefficient (Wildman–Crippen LogP) is 5.59. The standard InChI is InChI=1S/C51H74O15/c1-28(52)35-19-22-51(56)49(35,6)40(64-41(53)16-15-32-13-11-10-12-14-32)27-39-48(5)20-18-34(23-33(48)17-21-50(39,51)55)63-42-25-37(58-8)46(30(3)61-42)66-44-26-38(59-9)47(31(4)62-44)65-43-24-36(57-7)45(54)29(2)60-43/h10-17,29-31,34-40,42-47,54-56H,18-27H2,1-9H3/t29-,30-,31-,34+,35+,36-,37-,38-,39-,40-,42+,43+,44+,45-,46-,47-,48+,49+,50+,51-/m1/s1. The van der Waals surface area contributed by atoms with Crippen molar-refractivity contribution >= 4 is 17.8 Å². The molecule has 15 heteroatoms. The molecule has 3 heterocycles. The van der Waals surface area contributed by atoms with Gasteiger partial charge in [-0.3, -0.25) is 4.79 Å². The van der Waals surface area contributed by atoms with Gasteiger partial charge in [-0.15, -0.1) is 0 Å². The summed E-state index contributed by atoms with van der Waals surface area (Å²) in [6, 6.07) is 9.47. The molecule has 3 N–H and O–H groups in total. The second-order valence-electron chi connectivity index (χ2n) is 20.6. The van der Waals surface area contributed by atoms with Crippen LogP contribution in [0.25, 0.3) is 6.08 Å². The number of ketones is 1. The summed E-state index contributed by atoms with van der Waals surface area (Å²) in [5.41, 5.74) is -2.95. The largest absolute Gasteiger partial charge is 0.458 e. The minimum atomic E-state index is -1.67. The Morgan fingerprint density at radius 2 is 1.33 bits per heavy atom. The van der Waals surface area contributed by atoms with Crippen molar-refractivity contribution in [3.8, 4) is 0 Å². The maximum absolute atomic E-state index is 13.5. The Kier molecular flexibility index (Phi) is 14.8. The molecule has 368 valence electrons. The number of hydrogen-bond donors (Lipinski definition) is 3. The number of benzene rings is 1. The number of methoxy groups -OCH3 is 3. The molecule has 3 aliphatic heterocycles. The molecule has 3 saturated heterocycles. The SMILES string of the molecule is CO[C@@H]1C[C@H](O[C@@H]2[C@@H](C)O[C@@H](O[C@@H]3[C@@H](C)O[C@@H](O[C@H]4CC[C@@]5(C)C(=CC[C@]6(O)[C@@H]5C[C@@H](OC(=O)C=Cc5ccccc5)[C@]5(C)[C@H](C(C)=O)CC[C@@]56O)C4)C[C@H]3OC)C[C@H]2OC)O[C@H](C)[C@H]1O. The van der Waals surface area contributed by atoms with Crippen molar-refractivity contribution in [3.63, 3.8) is 0 Å². The van der Waals surface area contributed by atoms with Gasteiger partial charge in [-0.05, 0) is 89.7 Å². The number of fused-ring (bicyclic) bond motifs is 5. The van der Waals surface area contributed by atoms with Crippen LogP contribution in [0.4, 0.5) is 0 Å². The number of carbonyl (C=O) groups excluding carboxylic acids is 2. The lowest BCUT2D eigenvalue weighted by Crippen LogP contribution is -2.75. The Morgan fingerprint density at radius 3 is 1.92 bits per heavy atom. The van der Waals surface area contributed by atoms with Crippen LogP contribution >= 0.6 is 0 Å². The molecule has 0 amide bonds. The topological polar surface area (TPSA) is 187 Å². The normalized spacial score (nSPS) is 47.1. The zero-order chi connectivity index (χ0) is 47.3. The first kappa shape index (κ1) is 49.8. The molecule has 0 unspecified atom stereocenters. The van der Waals surface area contributed by atoms with E-state index in [0.717, 1.165) is 11.1 Å². The number of hydrogen-bond acceptors (Lipinski definition) is 15. The summed E-state index contributed by atoms with van der Waals surface area (Å²) < 4.78 is 62.3. The molecule has 8 rings (SSSR count). The lowest BCUT2D eigenvalue weighted by atomic mass is 9.43. The third kappa shape index (κ3) is 8.91. The van der Waals surface area contributed by atoms with E-state index < -0.39 is 108 Å². The summed E-state index contributed by atoms with van der Waals surface area (Å²) in [5.74, 6) is -1.66. The number of esters is 1. The van der Waals surface area contributed by atoms with Crippen LogP contribution in [0.15, 0.2) is 48.1 Å². The van der Waals surface area contributed by atoms with Gasteiger partial charge in [-0.1, -0.05) is 55.8 Å². The average molecular weight is 927 g/mol. The smallest absolute Gasteiger partial charge is 0.331 e. The Morgan fingerprint density at radius 1 is 0.758 bits per heavy atom. The molecule has 1 aromatic carbocycles. The molecular weight excluding hydrogens is 853 g/mol. The van der Waals surface area contributed by atoms with Crippen LogP contribution in [-0.2, 0) is 57.0 Å². The molecule has 1 aromatic rings. The second kappa shape index (κ2) is 19.6. The summed E-state index contributed by atoms with van der Waals surface area (Å²) in [7, 11) is 4.87. The molecule has 0 radical (unpaired) electrons. The van der Waals surface area contributed by atoms with Crippen LogP contribution in [-0.4, -0.2) is 146 Å². The van der Waals surface area contributed by atoms with Crippen molar-refractivity contribution in [1.82, 2.24) is 0 Å². The number of Topliss-reactive ketones (excluding diaryl/α,β-unsaturated/α-hetero) is 1. The Labute approximate surface area is 389 Å². The van der Waals surface area contributed by atoms with Gasteiger partial charge in [0, 0.05) is 63.9 Å². The molecule has 0 spiro atoms. The van der Waals surface area contributed by atoms with Crippen LogP contribution in [0.1, 0.15) is 111 Å². The van der Waals surface area contributed by atoms with Crippen molar-refractivity contribution in [2.75, 3.05) is 21.3 Å². The first-order valence-corrected chi connectivity index (χ1v) is 24.2. The average Bonchev–Trinajstić information content (AvgIpc) is 3.59. The molecule has 15 nitrogen and oxygen atoms in total. The molecule has 3 saturated carbocycles. The van der Waals surface area contributed by atoms with E-state index in [1.54, 1.807) is 34.3 Å². The van der Waals surface area contributed by atoms with Crippen molar-refractivity contribution in [3.05, 3.63) is 53.6 Å². The van der Waals surface area contributed by atoms with Crippen LogP contribution in [0.2, 0.25) is 0 Å². The molecule has 6 fully saturated rings. The van der Waals surface area contributed by atoms with Crippen molar-refractivity contribution in [2.45, 2.75) is 203 Å². The van der Waals surface area contributed by atoms with Gasteiger partial charge in [0.05, 0.1) is 42.7 Å². The maximum Gasteiger partial charge on any atom is 0.331 e. The van der Waals surface area contributed by atoms with Crippen LogP contribution in [0.5, 0.6) is 0 Å². The summed E-state index contributed by atoms with van der Waals surface area (Å²) in [4.78, 5) is 26.8. The third-order valence-electron chi connectivity index (χ3n) is 17.1. The van der Waals surface area contributed by atoms with Crippen molar-refractivity contribution in [2.24, 2.45) is 22.7 Å². The fourth-order valence-electron chi connectivity index (χ4n) is 13.4. The Hall–Kier alpha value is -2.64. The summed E-state index contributed by atoms with van der Waals surface area (Å²) in [5, 5.41) is 36.3. The number of aliphatic hydroxyl groups excluding tert-OH is 1. The highest BCUT2D eigenvalue weighted by Crippen LogP contribution is 2.70. The van der Waals surface area contributed by atoms with Crippen LogP contribution in [0.3, 0.4) is 0 Å². The molecule has 20 atom stereocenters. The highest BCUT2D eigenvalue weighted by atomic mass is 16.7. The number of ether oxygens (including phenoxy) is 10. The zero-order valence-corrected chi connectivity index (χ0v) is 40.2. The van der Waals surface area contributed by atoms with E-state index in [0.29, 0.717) is 51.4 Å². The first-order chi connectivity index (χ1) is 31.4. The van der Waals surface area contributed by atoms with E-state index >= 15 is 0 Å². The van der Waals surface area contributed by atoms with Gasteiger partial charge in [-0.2, -0.15) is 0 Å². The molecule has 0 aromatic heterocycles. The zero-order valence-electron chi connectivity index (χ0n) is 40.2. The van der Waals surface area contributed by atoms with E-state index in [1.807, 2.05) is 51.1 Å². The molecule has 0 bridgehead atoms. The first-order valence-electron chi connectivity index (χ1n) is 24.2. The monoisotopic (exact) mass is 927 g/mol. The maximum atomic E-state index is 13.5. The highest BCUT2D eigenvalue weighted by molar-refractivity contribution is 5.87. The summed E-state index contributed by atoms with van der Waals surface area (Å²) in [6.07, 6.45) is 2.69. The summed E-state index contributed by atoms with van der Waals surface area (Å²) >= 11 is 0. The fraction of sp³-hybridized carbons (Fsp3) is 0.765. The lowest BCUT2D eigenvalue weighted by molar-refractivity contribution is -0.338. The van der Waals surface area contributed by atoms with Gasteiger partial charge < -0.3 is 62.7 Å². The minimum absolute atomic E-state index is 0.0827. The van der Waals surface area contributed by atoms with Gasteiger partial charge in [0.15, 0.2) is 18.9 Å². The van der Waals surface area contributed by atoms with E-state index in [2.05, 4.69) is 13.0 Å². The van der Waals surface area contributed by atoms with Gasteiger partial charge in [0.25, 0.3) is 0 Å². The molecule has 7 aliphatic rings. The predicted molar refractivity (Wildman–Crippen MR) is 239 cm³/mol. The Balaban J connectivity index is 0.911. The quantitative estimate of drug-likeness (QED) is 0.126. The molecular formula is C51H74O15. The second-order valence-corrected chi connectivity index (χ2v) is 20.6. The van der Waals surface area contributed by atoms with Crippen molar-refractivity contribution < 1.29 is 72.3 Å². The minimum Gasteiger partial charge on any atom is -0.458 e. The molecule has 66 heavy (non-hydrogen) atoms. The summed E-state index contributed by atoms with van der Waals surface area (Å²) in [6.45, 7) is 11.2. The van der Waals surface area contributed by atoms with Gasteiger partial charge >= 0.3 is 5.97 Å². The fourth-order valence-corrected chi connectivity index (χ4v) is 13.4. The van der Waals surface area contributed by atoms with Gasteiger partial charge in [0.2, 0.25) is 0 Å². The molecule has 4 aliphatic carbocycles. The number of rotatable bonds is 13. The highest BCUT2D eigenvalue weighted by Gasteiger charge is 2.77. The van der Waals surface area contributed by atoms with Crippen molar-refractivity contribution in [1.29, 1.82) is 0 Å².